The van der Waals surface area contributed by atoms with E-state index in [1.54, 1.807) is 11.3 Å². The second-order valence-corrected chi connectivity index (χ2v) is 4.39. The molecule has 0 fully saturated rings. The topological polar surface area (TPSA) is 39.1 Å². The first-order chi connectivity index (χ1) is 6.72. The summed E-state index contributed by atoms with van der Waals surface area (Å²) in [6, 6.07) is 4.07. The molecule has 0 atom stereocenters. The SMILES string of the molecule is CN(C)CCNCc1cc(C#N)cs1. The van der Waals surface area contributed by atoms with Crippen molar-refractivity contribution < 1.29 is 0 Å². The third-order valence-corrected chi connectivity index (χ3v) is 2.75. The van der Waals surface area contributed by atoms with Gasteiger partial charge in [0.25, 0.3) is 0 Å². The summed E-state index contributed by atoms with van der Waals surface area (Å²) < 4.78 is 0. The molecule has 4 heteroatoms. The van der Waals surface area contributed by atoms with Crippen molar-refractivity contribution in [3.63, 3.8) is 0 Å². The predicted octanol–water partition coefficient (Wildman–Crippen LogP) is 1.27. The first-order valence-corrected chi connectivity index (χ1v) is 5.43. The van der Waals surface area contributed by atoms with E-state index in [0.29, 0.717) is 0 Å². The molecule has 0 aliphatic heterocycles. The average molecular weight is 209 g/mol. The summed E-state index contributed by atoms with van der Waals surface area (Å²) >= 11 is 1.63. The van der Waals surface area contributed by atoms with Gasteiger partial charge < -0.3 is 10.2 Å². The number of likely N-dealkylation sites (N-methyl/N-ethyl adjacent to an activating group) is 1. The zero-order valence-corrected chi connectivity index (χ0v) is 9.40. The van der Waals surface area contributed by atoms with Gasteiger partial charge in [-0.3, -0.25) is 0 Å². The standard InChI is InChI=1S/C10H15N3S/c1-13(2)4-3-12-7-10-5-9(6-11)8-14-10/h5,8,12H,3-4,7H2,1-2H3. The third kappa shape index (κ3) is 3.88. The van der Waals surface area contributed by atoms with Crippen molar-refractivity contribution in [2.24, 2.45) is 0 Å². The van der Waals surface area contributed by atoms with Crippen LogP contribution in [0, 0.1) is 11.3 Å². The van der Waals surface area contributed by atoms with Crippen LogP contribution < -0.4 is 5.32 Å². The van der Waals surface area contributed by atoms with Crippen LogP contribution in [-0.2, 0) is 6.54 Å². The zero-order chi connectivity index (χ0) is 10.4. The van der Waals surface area contributed by atoms with Crippen LogP contribution in [-0.4, -0.2) is 32.1 Å². The lowest BCUT2D eigenvalue weighted by Crippen LogP contribution is -2.25. The van der Waals surface area contributed by atoms with E-state index in [1.165, 1.54) is 4.88 Å². The lowest BCUT2D eigenvalue weighted by molar-refractivity contribution is 0.400. The molecule has 1 heterocycles. The molecule has 3 nitrogen and oxygen atoms in total. The van der Waals surface area contributed by atoms with Crippen LogP contribution in [0.25, 0.3) is 0 Å². The van der Waals surface area contributed by atoms with Gasteiger partial charge in [0.1, 0.15) is 6.07 Å². The molecule has 0 saturated heterocycles. The molecule has 76 valence electrons. The largest absolute Gasteiger partial charge is 0.311 e. The van der Waals surface area contributed by atoms with Crippen LogP contribution in [0.3, 0.4) is 0 Å². The number of nitriles is 1. The summed E-state index contributed by atoms with van der Waals surface area (Å²) in [5, 5.41) is 13.8. The van der Waals surface area contributed by atoms with Crippen LogP contribution >= 0.6 is 11.3 Å². The van der Waals surface area contributed by atoms with E-state index in [-0.39, 0.29) is 0 Å². The van der Waals surface area contributed by atoms with Gasteiger partial charge in [0, 0.05) is 29.9 Å². The molecular weight excluding hydrogens is 194 g/mol. The van der Waals surface area contributed by atoms with Gasteiger partial charge >= 0.3 is 0 Å². The molecule has 1 aromatic rings. The van der Waals surface area contributed by atoms with Crippen LogP contribution in [0.5, 0.6) is 0 Å². The minimum Gasteiger partial charge on any atom is -0.311 e. The Bertz CT molecular complexity index is 311. The zero-order valence-electron chi connectivity index (χ0n) is 8.58. The van der Waals surface area contributed by atoms with Crippen LogP contribution in [0.4, 0.5) is 0 Å². The predicted molar refractivity (Wildman–Crippen MR) is 59.3 cm³/mol. The Morgan fingerprint density at radius 1 is 1.57 bits per heavy atom. The van der Waals surface area contributed by atoms with E-state index < -0.39 is 0 Å². The molecule has 1 N–H and O–H groups in total. The number of rotatable bonds is 5. The van der Waals surface area contributed by atoms with E-state index >= 15 is 0 Å². The highest BCUT2D eigenvalue weighted by molar-refractivity contribution is 7.10. The Morgan fingerprint density at radius 2 is 2.36 bits per heavy atom. The van der Waals surface area contributed by atoms with Gasteiger partial charge in [-0.2, -0.15) is 5.26 Å². The Hall–Kier alpha value is -0.890. The minimum atomic E-state index is 0.763. The normalized spacial score (nSPS) is 10.4. The second kappa shape index (κ2) is 5.76. The maximum atomic E-state index is 8.62. The van der Waals surface area contributed by atoms with Crippen molar-refractivity contribution in [1.82, 2.24) is 10.2 Å². The summed E-state index contributed by atoms with van der Waals surface area (Å²) in [4.78, 5) is 3.36. The molecule has 0 spiro atoms. The highest BCUT2D eigenvalue weighted by Gasteiger charge is 1.98. The monoisotopic (exact) mass is 209 g/mol. The van der Waals surface area contributed by atoms with Crippen molar-refractivity contribution in [3.05, 3.63) is 21.9 Å². The Morgan fingerprint density at radius 3 is 2.93 bits per heavy atom. The molecule has 0 aliphatic carbocycles. The maximum absolute atomic E-state index is 8.62. The van der Waals surface area contributed by atoms with E-state index in [0.717, 1.165) is 25.2 Å². The van der Waals surface area contributed by atoms with E-state index in [4.69, 9.17) is 5.26 Å². The van der Waals surface area contributed by atoms with Crippen LogP contribution in [0.1, 0.15) is 10.4 Å². The highest BCUT2D eigenvalue weighted by Crippen LogP contribution is 2.12. The van der Waals surface area contributed by atoms with Gasteiger partial charge in [0.15, 0.2) is 0 Å². The molecule has 14 heavy (non-hydrogen) atoms. The van der Waals surface area contributed by atoms with E-state index in [2.05, 4.69) is 30.4 Å². The molecule has 0 unspecified atom stereocenters. The van der Waals surface area contributed by atoms with Gasteiger partial charge in [-0.1, -0.05) is 0 Å². The van der Waals surface area contributed by atoms with Gasteiger partial charge in [0.05, 0.1) is 5.56 Å². The summed E-state index contributed by atoms with van der Waals surface area (Å²) in [6.07, 6.45) is 0. The summed E-state index contributed by atoms with van der Waals surface area (Å²) in [7, 11) is 4.11. The number of hydrogen-bond donors (Lipinski definition) is 1. The number of hydrogen-bond acceptors (Lipinski definition) is 4. The number of nitrogens with zero attached hydrogens (tertiary/aromatic N) is 2. The number of nitrogens with one attached hydrogen (secondary N) is 1. The number of thiophene rings is 1. The van der Waals surface area contributed by atoms with Gasteiger partial charge in [-0.15, -0.1) is 11.3 Å². The van der Waals surface area contributed by atoms with Crippen molar-refractivity contribution in [3.8, 4) is 6.07 Å². The lowest BCUT2D eigenvalue weighted by Gasteiger charge is -2.09. The maximum Gasteiger partial charge on any atom is 0.100 e. The Balaban J connectivity index is 2.22. The molecule has 1 aromatic heterocycles. The lowest BCUT2D eigenvalue weighted by atomic mass is 10.3. The smallest absolute Gasteiger partial charge is 0.100 e. The first kappa shape index (κ1) is 11.2. The molecule has 0 bridgehead atoms. The highest BCUT2D eigenvalue weighted by atomic mass is 32.1. The van der Waals surface area contributed by atoms with Gasteiger partial charge in [0.2, 0.25) is 0 Å². The van der Waals surface area contributed by atoms with Crippen molar-refractivity contribution in [2.45, 2.75) is 6.54 Å². The molecule has 1 rings (SSSR count). The Kier molecular flexibility index (Phi) is 4.60. The molecule has 0 radical (unpaired) electrons. The second-order valence-electron chi connectivity index (χ2n) is 3.39. The van der Waals surface area contributed by atoms with Gasteiger partial charge in [-0.05, 0) is 20.2 Å². The fourth-order valence-electron chi connectivity index (χ4n) is 1.05. The Labute approximate surface area is 89.0 Å². The van der Waals surface area contributed by atoms with Gasteiger partial charge in [-0.25, -0.2) is 0 Å². The summed E-state index contributed by atoms with van der Waals surface area (Å²) in [5.74, 6) is 0. The first-order valence-electron chi connectivity index (χ1n) is 4.55. The van der Waals surface area contributed by atoms with Crippen LogP contribution in [0.2, 0.25) is 0 Å². The molecular formula is C10H15N3S. The quantitative estimate of drug-likeness (QED) is 0.742. The summed E-state index contributed by atoms with van der Waals surface area (Å²) in [5.41, 5.74) is 0.763. The van der Waals surface area contributed by atoms with Crippen molar-refractivity contribution >= 4 is 11.3 Å². The molecule has 0 aliphatic rings. The van der Waals surface area contributed by atoms with Crippen LogP contribution in [0.15, 0.2) is 11.4 Å². The molecule has 0 saturated carbocycles. The summed E-state index contributed by atoms with van der Waals surface area (Å²) in [6.45, 7) is 2.88. The minimum absolute atomic E-state index is 0.763. The molecule has 0 amide bonds. The van der Waals surface area contributed by atoms with E-state index in [1.807, 2.05) is 11.4 Å². The third-order valence-electron chi connectivity index (χ3n) is 1.82. The average Bonchev–Trinajstić information content (AvgIpc) is 2.60. The fraction of sp³-hybridized carbons (Fsp3) is 0.500. The molecule has 0 aromatic carbocycles. The van der Waals surface area contributed by atoms with Crippen molar-refractivity contribution in [2.75, 3.05) is 27.2 Å². The van der Waals surface area contributed by atoms with Crippen molar-refractivity contribution in [1.29, 1.82) is 5.26 Å². The van der Waals surface area contributed by atoms with E-state index in [9.17, 15) is 0 Å². The fourth-order valence-corrected chi connectivity index (χ4v) is 1.83.